The van der Waals surface area contributed by atoms with Crippen molar-refractivity contribution >= 4 is 28.4 Å². The Morgan fingerprint density at radius 2 is 1.58 bits per heavy atom. The molecule has 0 aliphatic carbocycles. The predicted molar refractivity (Wildman–Crippen MR) is 108 cm³/mol. The summed E-state index contributed by atoms with van der Waals surface area (Å²) in [7, 11) is 4.05. The number of nitrogen functional groups attached to an aromatic ring is 1. The molecule has 1 atom stereocenters. The van der Waals surface area contributed by atoms with Crippen molar-refractivity contribution in [2.24, 2.45) is 10.2 Å². The van der Waals surface area contributed by atoms with Gasteiger partial charge in [-0.15, -0.1) is 5.11 Å². The minimum Gasteiger partial charge on any atom is -0.399 e. The van der Waals surface area contributed by atoms with Crippen LogP contribution in [0.5, 0.6) is 0 Å². The topological polar surface area (TPSA) is 60.5 Å². The molecule has 0 radical (unpaired) electrons. The Balaban J connectivity index is 1.48. The van der Waals surface area contributed by atoms with Crippen molar-refractivity contribution in [3.63, 3.8) is 0 Å². The molecule has 2 heterocycles. The van der Waals surface area contributed by atoms with Crippen LogP contribution in [0.3, 0.4) is 0 Å². The number of nitrogens with zero attached hydrogens (tertiary/aromatic N) is 5. The Labute approximate surface area is 154 Å². The maximum Gasteiger partial charge on any atom is 0.218 e. The highest BCUT2D eigenvalue weighted by molar-refractivity contribution is 5.79. The van der Waals surface area contributed by atoms with Crippen LogP contribution in [0.2, 0.25) is 0 Å². The highest BCUT2D eigenvalue weighted by Crippen LogP contribution is 2.39. The fourth-order valence-electron chi connectivity index (χ4n) is 3.79. The zero-order chi connectivity index (χ0) is 18.1. The molecule has 2 aliphatic heterocycles. The smallest absolute Gasteiger partial charge is 0.218 e. The Kier molecular flexibility index (Phi) is 4.41. The number of fused-ring (bicyclic) bond motifs is 1. The molecule has 0 spiro atoms. The van der Waals surface area contributed by atoms with Gasteiger partial charge in [0.25, 0.3) is 0 Å². The Morgan fingerprint density at radius 3 is 2.31 bits per heavy atom. The van der Waals surface area contributed by atoms with Gasteiger partial charge in [-0.25, -0.2) is 0 Å². The Hall–Kier alpha value is -2.76. The number of anilines is 4. The van der Waals surface area contributed by atoms with Gasteiger partial charge in [-0.3, -0.25) is 0 Å². The standard InChI is InChI=1S/C20H26N6/c1-24-18-11-6-15(21)14-19(18)25(2)20(24)23-22-16-7-9-17(10-8-16)26-12-4-3-5-13-26/h6-11,14,20H,3-5,12-13,21H2,1-2H3. The summed E-state index contributed by atoms with van der Waals surface area (Å²) in [5.41, 5.74) is 11.0. The monoisotopic (exact) mass is 350 g/mol. The highest BCUT2D eigenvalue weighted by Gasteiger charge is 2.31. The second-order valence-corrected chi connectivity index (χ2v) is 7.10. The summed E-state index contributed by atoms with van der Waals surface area (Å²) in [4.78, 5) is 6.65. The van der Waals surface area contributed by atoms with E-state index < -0.39 is 0 Å². The van der Waals surface area contributed by atoms with Crippen LogP contribution in [0.15, 0.2) is 52.7 Å². The summed E-state index contributed by atoms with van der Waals surface area (Å²) in [6, 6.07) is 14.3. The van der Waals surface area contributed by atoms with Gasteiger partial charge in [0.2, 0.25) is 6.29 Å². The average Bonchev–Trinajstić information content (AvgIpc) is 2.91. The molecule has 4 rings (SSSR count). The molecule has 6 heteroatoms. The lowest BCUT2D eigenvalue weighted by atomic mass is 10.1. The number of nitrogens with two attached hydrogens (primary N) is 1. The van der Waals surface area contributed by atoms with E-state index in [1.807, 2.05) is 44.4 Å². The minimum atomic E-state index is -0.159. The van der Waals surface area contributed by atoms with Gasteiger partial charge in [0, 0.05) is 38.6 Å². The third-order valence-corrected chi connectivity index (χ3v) is 5.30. The van der Waals surface area contributed by atoms with Gasteiger partial charge in [0.15, 0.2) is 0 Å². The average molecular weight is 350 g/mol. The Bertz CT molecular complexity index is 794. The van der Waals surface area contributed by atoms with Crippen LogP contribution in [0, 0.1) is 0 Å². The van der Waals surface area contributed by atoms with Crippen LogP contribution in [0.25, 0.3) is 0 Å². The molecule has 136 valence electrons. The van der Waals surface area contributed by atoms with Gasteiger partial charge in [-0.2, -0.15) is 5.11 Å². The lowest BCUT2D eigenvalue weighted by Crippen LogP contribution is -2.36. The summed E-state index contributed by atoms with van der Waals surface area (Å²) in [6.07, 6.45) is 3.76. The molecule has 2 N–H and O–H groups in total. The molecular formula is C20H26N6. The molecule has 2 aromatic carbocycles. The second-order valence-electron chi connectivity index (χ2n) is 7.10. The highest BCUT2D eigenvalue weighted by atomic mass is 15.5. The van der Waals surface area contributed by atoms with Crippen LogP contribution in [0.1, 0.15) is 19.3 Å². The first-order valence-corrected chi connectivity index (χ1v) is 9.24. The van der Waals surface area contributed by atoms with E-state index in [0.717, 1.165) is 35.8 Å². The number of azo groups is 1. The van der Waals surface area contributed by atoms with Gasteiger partial charge in [-0.1, -0.05) is 0 Å². The fraction of sp³-hybridized carbons (Fsp3) is 0.400. The quantitative estimate of drug-likeness (QED) is 0.665. The van der Waals surface area contributed by atoms with Crippen LogP contribution >= 0.6 is 0 Å². The largest absolute Gasteiger partial charge is 0.399 e. The van der Waals surface area contributed by atoms with Gasteiger partial charge < -0.3 is 20.4 Å². The normalized spacial score (nSPS) is 20.1. The van der Waals surface area contributed by atoms with E-state index in [4.69, 9.17) is 5.73 Å². The molecule has 2 aliphatic rings. The van der Waals surface area contributed by atoms with Crippen LogP contribution in [-0.2, 0) is 0 Å². The maximum absolute atomic E-state index is 5.92. The van der Waals surface area contributed by atoms with E-state index in [0.29, 0.717) is 0 Å². The second kappa shape index (κ2) is 6.86. The molecular weight excluding hydrogens is 324 g/mol. The predicted octanol–water partition coefficient (Wildman–Crippen LogP) is 4.21. The number of piperidine rings is 1. The number of rotatable bonds is 3. The molecule has 26 heavy (non-hydrogen) atoms. The maximum atomic E-state index is 5.92. The molecule has 2 aromatic rings. The zero-order valence-corrected chi connectivity index (χ0v) is 15.5. The van der Waals surface area contributed by atoms with E-state index in [9.17, 15) is 0 Å². The molecule has 0 saturated carbocycles. The molecule has 0 amide bonds. The minimum absolute atomic E-state index is 0.159. The van der Waals surface area contributed by atoms with Crippen molar-refractivity contribution < 1.29 is 0 Å². The number of benzene rings is 2. The van der Waals surface area contributed by atoms with E-state index in [1.54, 1.807) is 0 Å². The Morgan fingerprint density at radius 1 is 0.885 bits per heavy atom. The van der Waals surface area contributed by atoms with Gasteiger partial charge in [-0.05, 0) is 61.7 Å². The number of hydrogen-bond acceptors (Lipinski definition) is 6. The van der Waals surface area contributed by atoms with Crippen LogP contribution in [0.4, 0.5) is 28.4 Å². The first-order valence-electron chi connectivity index (χ1n) is 9.24. The summed E-state index contributed by atoms with van der Waals surface area (Å²) >= 11 is 0. The first-order chi connectivity index (χ1) is 12.6. The van der Waals surface area contributed by atoms with Crippen molar-refractivity contribution in [3.8, 4) is 0 Å². The molecule has 1 fully saturated rings. The van der Waals surface area contributed by atoms with E-state index in [1.165, 1.54) is 24.9 Å². The summed E-state index contributed by atoms with van der Waals surface area (Å²) < 4.78 is 0. The van der Waals surface area contributed by atoms with E-state index in [2.05, 4.69) is 37.1 Å². The van der Waals surface area contributed by atoms with E-state index >= 15 is 0 Å². The third kappa shape index (κ3) is 3.07. The van der Waals surface area contributed by atoms with Crippen LogP contribution < -0.4 is 20.4 Å². The summed E-state index contributed by atoms with van der Waals surface area (Å²) in [5.74, 6) is 0. The van der Waals surface area contributed by atoms with Crippen molar-refractivity contribution in [1.82, 2.24) is 0 Å². The SMILES string of the molecule is CN1c2ccc(N)cc2N(C)C1N=Nc1ccc(N2CCCCC2)cc1. The number of hydrogen-bond donors (Lipinski definition) is 1. The van der Waals surface area contributed by atoms with Gasteiger partial charge in [0.1, 0.15) is 0 Å². The van der Waals surface area contributed by atoms with Crippen molar-refractivity contribution in [3.05, 3.63) is 42.5 Å². The van der Waals surface area contributed by atoms with Gasteiger partial charge >= 0.3 is 0 Å². The van der Waals surface area contributed by atoms with Crippen LogP contribution in [-0.4, -0.2) is 33.5 Å². The van der Waals surface area contributed by atoms with Crippen molar-refractivity contribution in [1.29, 1.82) is 0 Å². The molecule has 0 aromatic heterocycles. The van der Waals surface area contributed by atoms with Crippen molar-refractivity contribution in [2.75, 3.05) is 47.6 Å². The molecule has 6 nitrogen and oxygen atoms in total. The van der Waals surface area contributed by atoms with Crippen molar-refractivity contribution in [2.45, 2.75) is 25.6 Å². The zero-order valence-electron chi connectivity index (χ0n) is 15.5. The third-order valence-electron chi connectivity index (χ3n) is 5.30. The molecule has 1 unspecified atom stereocenters. The molecule has 0 bridgehead atoms. The summed E-state index contributed by atoms with van der Waals surface area (Å²) in [6.45, 7) is 2.31. The van der Waals surface area contributed by atoms with E-state index in [-0.39, 0.29) is 6.29 Å². The first kappa shape index (κ1) is 16.7. The lowest BCUT2D eigenvalue weighted by molar-refractivity contribution is 0.578. The fourth-order valence-corrected chi connectivity index (χ4v) is 3.79. The molecule has 1 saturated heterocycles. The lowest BCUT2D eigenvalue weighted by Gasteiger charge is -2.28. The summed E-state index contributed by atoms with van der Waals surface area (Å²) in [5, 5.41) is 9.04. The van der Waals surface area contributed by atoms with Gasteiger partial charge in [0.05, 0.1) is 17.1 Å².